The van der Waals surface area contributed by atoms with Crippen molar-refractivity contribution in [3.63, 3.8) is 0 Å². The largest absolute Gasteiger partial charge is 0.491 e. The maximum Gasteiger partial charge on any atom is 0.195 e. The smallest absolute Gasteiger partial charge is 0.195 e. The zero-order valence-electron chi connectivity index (χ0n) is 18.8. The predicted molar refractivity (Wildman–Crippen MR) is 122 cm³/mol. The Kier molecular flexibility index (Phi) is 12.3. The summed E-state index contributed by atoms with van der Waals surface area (Å²) in [6.07, 6.45) is 4.50. The third-order valence-electron chi connectivity index (χ3n) is 4.50. The monoisotopic (exact) mass is 421 g/mol. The van der Waals surface area contributed by atoms with E-state index in [0.29, 0.717) is 19.8 Å². The minimum atomic E-state index is 0.162. The number of nitrogens with zero attached hydrogens (tertiary/aromatic N) is 1. The number of ether oxygens (including phenoxy) is 4. The van der Waals surface area contributed by atoms with Crippen molar-refractivity contribution in [2.75, 3.05) is 51.4 Å². The molecule has 1 heterocycles. The van der Waals surface area contributed by atoms with Gasteiger partial charge in [0.25, 0.3) is 0 Å². The van der Waals surface area contributed by atoms with E-state index in [9.17, 15) is 0 Å². The summed E-state index contributed by atoms with van der Waals surface area (Å²) < 4.78 is 22.4. The minimum absolute atomic E-state index is 0.162. The van der Waals surface area contributed by atoms with Gasteiger partial charge < -0.3 is 29.6 Å². The highest BCUT2D eigenvalue weighted by Crippen LogP contribution is 2.17. The third-order valence-corrected chi connectivity index (χ3v) is 4.50. The summed E-state index contributed by atoms with van der Waals surface area (Å²) >= 11 is 0. The van der Waals surface area contributed by atoms with E-state index in [2.05, 4.69) is 15.6 Å². The summed E-state index contributed by atoms with van der Waals surface area (Å²) in [5, 5.41) is 6.74. The molecule has 170 valence electrons. The molecule has 1 aliphatic rings. The van der Waals surface area contributed by atoms with Crippen LogP contribution in [0, 0.1) is 0 Å². The van der Waals surface area contributed by atoms with E-state index < -0.39 is 0 Å². The first-order valence-corrected chi connectivity index (χ1v) is 11.3. The molecule has 1 saturated heterocycles. The van der Waals surface area contributed by atoms with Crippen molar-refractivity contribution in [2.24, 2.45) is 4.99 Å². The third kappa shape index (κ3) is 10.8. The van der Waals surface area contributed by atoms with Gasteiger partial charge in [0.15, 0.2) is 5.96 Å². The van der Waals surface area contributed by atoms with Crippen LogP contribution in [0.25, 0.3) is 0 Å². The second kappa shape index (κ2) is 15.0. The number of benzene rings is 1. The topological polar surface area (TPSA) is 73.3 Å². The van der Waals surface area contributed by atoms with Crippen molar-refractivity contribution >= 4 is 11.6 Å². The molecule has 2 N–H and O–H groups in total. The molecule has 1 aromatic rings. The molecule has 30 heavy (non-hydrogen) atoms. The predicted octanol–water partition coefficient (Wildman–Crippen LogP) is 3.84. The van der Waals surface area contributed by atoms with Crippen LogP contribution >= 0.6 is 0 Å². The Labute approximate surface area is 181 Å². The van der Waals surface area contributed by atoms with Gasteiger partial charge in [-0.2, -0.15) is 0 Å². The van der Waals surface area contributed by atoms with Gasteiger partial charge in [-0.25, -0.2) is 0 Å². The van der Waals surface area contributed by atoms with Crippen molar-refractivity contribution in [3.05, 3.63) is 24.3 Å². The zero-order valence-corrected chi connectivity index (χ0v) is 18.8. The van der Waals surface area contributed by atoms with Crippen LogP contribution in [0.3, 0.4) is 0 Å². The maximum absolute atomic E-state index is 5.72. The van der Waals surface area contributed by atoms with Gasteiger partial charge in [-0.05, 0) is 70.7 Å². The highest BCUT2D eigenvalue weighted by Gasteiger charge is 2.14. The number of nitrogens with one attached hydrogen (secondary N) is 2. The molecule has 0 saturated carbocycles. The molecule has 1 fully saturated rings. The van der Waals surface area contributed by atoms with Gasteiger partial charge in [0.05, 0.1) is 18.8 Å². The van der Waals surface area contributed by atoms with E-state index in [4.69, 9.17) is 18.9 Å². The van der Waals surface area contributed by atoms with Gasteiger partial charge >= 0.3 is 0 Å². The van der Waals surface area contributed by atoms with Crippen molar-refractivity contribution < 1.29 is 18.9 Å². The average molecular weight is 422 g/mol. The molecular weight excluding hydrogens is 382 g/mol. The molecule has 7 nitrogen and oxygen atoms in total. The fourth-order valence-electron chi connectivity index (χ4n) is 3.04. The molecule has 0 radical (unpaired) electrons. The van der Waals surface area contributed by atoms with Crippen LogP contribution in [0.4, 0.5) is 5.69 Å². The SMILES string of the molecule is CCOCCCNC(=NCCCOCC1CCCO1)Nc1ccc(OC(C)C)cc1. The molecule has 1 atom stereocenters. The van der Waals surface area contributed by atoms with Crippen LogP contribution in [-0.2, 0) is 14.2 Å². The first-order chi connectivity index (χ1) is 14.7. The first kappa shape index (κ1) is 24.4. The summed E-state index contributed by atoms with van der Waals surface area (Å²) in [4.78, 5) is 4.69. The lowest BCUT2D eigenvalue weighted by Gasteiger charge is -2.14. The summed E-state index contributed by atoms with van der Waals surface area (Å²) in [6.45, 7) is 11.3. The fraction of sp³-hybridized carbons (Fsp3) is 0.696. The Morgan fingerprint density at radius 1 is 1.17 bits per heavy atom. The van der Waals surface area contributed by atoms with Crippen molar-refractivity contribution in [1.29, 1.82) is 0 Å². The Bertz CT molecular complexity index is 587. The normalized spacial score (nSPS) is 16.8. The quantitative estimate of drug-likeness (QED) is 0.270. The lowest BCUT2D eigenvalue weighted by atomic mass is 10.2. The van der Waals surface area contributed by atoms with Gasteiger partial charge in [0, 0.05) is 45.2 Å². The van der Waals surface area contributed by atoms with E-state index in [1.54, 1.807) is 0 Å². The second-order valence-electron chi connectivity index (χ2n) is 7.59. The average Bonchev–Trinajstić information content (AvgIpc) is 3.24. The van der Waals surface area contributed by atoms with Crippen molar-refractivity contribution in [1.82, 2.24) is 5.32 Å². The van der Waals surface area contributed by atoms with Gasteiger partial charge in [-0.15, -0.1) is 0 Å². The highest BCUT2D eigenvalue weighted by atomic mass is 16.5. The minimum Gasteiger partial charge on any atom is -0.491 e. The van der Waals surface area contributed by atoms with Crippen LogP contribution in [0.15, 0.2) is 29.3 Å². The fourth-order valence-corrected chi connectivity index (χ4v) is 3.04. The molecule has 0 aromatic heterocycles. The van der Waals surface area contributed by atoms with Gasteiger partial charge in [0.2, 0.25) is 0 Å². The number of anilines is 1. The Morgan fingerprint density at radius 2 is 1.97 bits per heavy atom. The summed E-state index contributed by atoms with van der Waals surface area (Å²) in [6, 6.07) is 7.93. The van der Waals surface area contributed by atoms with Gasteiger partial charge in [-0.1, -0.05) is 0 Å². The van der Waals surface area contributed by atoms with E-state index in [1.165, 1.54) is 0 Å². The van der Waals surface area contributed by atoms with Crippen LogP contribution in [0.2, 0.25) is 0 Å². The Morgan fingerprint density at radius 3 is 2.67 bits per heavy atom. The molecule has 0 aliphatic carbocycles. The molecule has 0 spiro atoms. The molecule has 1 aliphatic heterocycles. The first-order valence-electron chi connectivity index (χ1n) is 11.3. The van der Waals surface area contributed by atoms with E-state index in [1.807, 2.05) is 45.0 Å². The lowest BCUT2D eigenvalue weighted by molar-refractivity contribution is 0.0171. The number of aliphatic imine (C=N–C) groups is 1. The van der Waals surface area contributed by atoms with Crippen LogP contribution in [0.1, 0.15) is 46.5 Å². The van der Waals surface area contributed by atoms with Crippen LogP contribution in [-0.4, -0.2) is 64.3 Å². The summed E-state index contributed by atoms with van der Waals surface area (Å²) in [7, 11) is 0. The second-order valence-corrected chi connectivity index (χ2v) is 7.59. The van der Waals surface area contributed by atoms with E-state index in [-0.39, 0.29) is 12.2 Å². The number of hydrogen-bond acceptors (Lipinski definition) is 5. The molecular formula is C23H39N3O4. The number of hydrogen-bond donors (Lipinski definition) is 2. The Hall–Kier alpha value is -1.83. The van der Waals surface area contributed by atoms with Gasteiger partial charge in [0.1, 0.15) is 5.75 Å². The maximum atomic E-state index is 5.72. The number of rotatable bonds is 14. The van der Waals surface area contributed by atoms with Crippen molar-refractivity contribution in [3.8, 4) is 5.75 Å². The molecule has 1 aromatic carbocycles. The summed E-state index contributed by atoms with van der Waals surface area (Å²) in [5.41, 5.74) is 0.969. The molecule has 0 amide bonds. The highest BCUT2D eigenvalue weighted by molar-refractivity contribution is 5.93. The van der Waals surface area contributed by atoms with Crippen LogP contribution in [0.5, 0.6) is 5.75 Å². The molecule has 1 unspecified atom stereocenters. The molecule has 2 rings (SSSR count). The summed E-state index contributed by atoms with van der Waals surface area (Å²) in [5.74, 6) is 1.63. The van der Waals surface area contributed by atoms with E-state index in [0.717, 1.165) is 69.4 Å². The van der Waals surface area contributed by atoms with Gasteiger partial charge in [-0.3, -0.25) is 4.99 Å². The Balaban J connectivity index is 1.76. The van der Waals surface area contributed by atoms with Crippen molar-refractivity contribution in [2.45, 2.75) is 58.7 Å². The molecule has 7 heteroatoms. The number of guanidine groups is 1. The zero-order chi connectivity index (χ0) is 21.4. The van der Waals surface area contributed by atoms with Crippen LogP contribution < -0.4 is 15.4 Å². The van der Waals surface area contributed by atoms with E-state index >= 15 is 0 Å². The lowest BCUT2D eigenvalue weighted by Crippen LogP contribution is -2.32. The molecule has 0 bridgehead atoms. The standard InChI is InChI=1S/C23H39N3O4/c1-4-27-15-6-13-24-23(25-14-7-16-28-18-22-8-5-17-29-22)26-20-9-11-21(12-10-20)30-19(2)3/h9-12,19,22H,4-8,13-18H2,1-3H3,(H2,24,25,26).